The van der Waals surface area contributed by atoms with Gasteiger partial charge in [-0.25, -0.2) is 0 Å². The number of hydrogen-bond donors (Lipinski definition) is 1. The summed E-state index contributed by atoms with van der Waals surface area (Å²) in [6, 6.07) is 10.2. The van der Waals surface area contributed by atoms with Gasteiger partial charge >= 0.3 is 0 Å². The van der Waals surface area contributed by atoms with Gasteiger partial charge in [0.25, 0.3) is 0 Å². The number of aliphatic hydroxyl groups is 1. The Balaban J connectivity index is 1.99. The van der Waals surface area contributed by atoms with Crippen molar-refractivity contribution in [3.05, 3.63) is 36.5 Å². The zero-order chi connectivity index (χ0) is 13.2. The van der Waals surface area contributed by atoms with E-state index in [1.54, 1.807) is 0 Å². The zero-order valence-corrected chi connectivity index (χ0v) is 11.0. The first-order valence-electron chi connectivity index (χ1n) is 6.63. The Labute approximate surface area is 112 Å². The van der Waals surface area contributed by atoms with Gasteiger partial charge in [-0.2, -0.15) is 0 Å². The molecule has 3 rings (SSSR count). The summed E-state index contributed by atoms with van der Waals surface area (Å²) < 4.78 is 5.69. The Bertz CT molecular complexity index is 568. The predicted molar refractivity (Wildman–Crippen MR) is 75.4 cm³/mol. The van der Waals surface area contributed by atoms with Crippen molar-refractivity contribution in [3.8, 4) is 0 Å². The number of hydrogen-bond acceptors (Lipinski definition) is 4. The third-order valence-corrected chi connectivity index (χ3v) is 3.49. The van der Waals surface area contributed by atoms with Gasteiger partial charge in [0.1, 0.15) is 0 Å². The summed E-state index contributed by atoms with van der Waals surface area (Å²) in [5, 5.41) is 10.5. The first kappa shape index (κ1) is 12.4. The number of nitrogens with zero attached hydrogens (tertiary/aromatic N) is 2. The van der Waals surface area contributed by atoms with Crippen molar-refractivity contribution in [2.24, 2.45) is 0 Å². The standard InChI is InChI=1S/C15H18N2O2/c1-11-8-17(9-12(10-18)19-11)15-6-2-5-14-13(15)4-3-7-16-14/h2-7,11-12,18H,8-10H2,1H3/t11-,12-/m1/s1. The number of rotatable bonds is 2. The lowest BCUT2D eigenvalue weighted by Crippen LogP contribution is -2.48. The number of aliphatic hydroxyl groups excluding tert-OH is 1. The van der Waals surface area contributed by atoms with Crippen molar-refractivity contribution < 1.29 is 9.84 Å². The Morgan fingerprint density at radius 1 is 1.32 bits per heavy atom. The molecule has 2 heterocycles. The minimum atomic E-state index is -0.115. The molecule has 0 saturated carbocycles. The average Bonchev–Trinajstić information content (AvgIpc) is 2.46. The summed E-state index contributed by atoms with van der Waals surface area (Å²) in [6.45, 7) is 3.65. The van der Waals surface area contributed by atoms with Gasteiger partial charge in [0.15, 0.2) is 0 Å². The van der Waals surface area contributed by atoms with Crippen molar-refractivity contribution in [1.82, 2.24) is 4.98 Å². The summed E-state index contributed by atoms with van der Waals surface area (Å²) >= 11 is 0. The molecule has 1 N–H and O–H groups in total. The molecule has 1 aromatic heterocycles. The molecule has 0 aliphatic carbocycles. The van der Waals surface area contributed by atoms with E-state index < -0.39 is 0 Å². The van der Waals surface area contributed by atoms with Crippen LogP contribution in [-0.4, -0.2) is 42.0 Å². The van der Waals surface area contributed by atoms with Crippen LogP contribution in [0.4, 0.5) is 5.69 Å². The normalized spacial score (nSPS) is 23.8. The van der Waals surface area contributed by atoms with Crippen molar-refractivity contribution in [2.45, 2.75) is 19.1 Å². The summed E-state index contributed by atoms with van der Waals surface area (Å²) in [4.78, 5) is 6.66. The van der Waals surface area contributed by atoms with Crippen LogP contribution >= 0.6 is 0 Å². The highest BCUT2D eigenvalue weighted by molar-refractivity contribution is 5.91. The second-order valence-corrected chi connectivity index (χ2v) is 5.00. The average molecular weight is 258 g/mol. The van der Waals surface area contributed by atoms with Crippen molar-refractivity contribution in [1.29, 1.82) is 0 Å². The number of benzene rings is 1. The molecule has 2 aromatic rings. The quantitative estimate of drug-likeness (QED) is 0.892. The lowest BCUT2D eigenvalue weighted by Gasteiger charge is -2.38. The maximum atomic E-state index is 9.32. The fourth-order valence-electron chi connectivity index (χ4n) is 2.71. The number of anilines is 1. The largest absolute Gasteiger partial charge is 0.394 e. The first-order chi connectivity index (χ1) is 9.28. The van der Waals surface area contributed by atoms with Crippen LogP contribution in [0.2, 0.25) is 0 Å². The van der Waals surface area contributed by atoms with E-state index in [9.17, 15) is 5.11 Å². The molecule has 19 heavy (non-hydrogen) atoms. The van der Waals surface area contributed by atoms with Crippen molar-refractivity contribution in [3.63, 3.8) is 0 Å². The Morgan fingerprint density at radius 3 is 3.05 bits per heavy atom. The first-order valence-corrected chi connectivity index (χ1v) is 6.63. The van der Waals surface area contributed by atoms with E-state index in [2.05, 4.69) is 22.0 Å². The van der Waals surface area contributed by atoms with E-state index in [0.29, 0.717) is 0 Å². The van der Waals surface area contributed by atoms with Crippen LogP contribution in [0, 0.1) is 0 Å². The topological polar surface area (TPSA) is 45.6 Å². The third kappa shape index (κ3) is 2.41. The number of fused-ring (bicyclic) bond motifs is 1. The molecule has 0 spiro atoms. The van der Waals surface area contributed by atoms with Gasteiger partial charge in [-0.15, -0.1) is 0 Å². The van der Waals surface area contributed by atoms with Gasteiger partial charge in [0.2, 0.25) is 0 Å². The molecule has 4 heteroatoms. The van der Waals surface area contributed by atoms with Crippen molar-refractivity contribution in [2.75, 3.05) is 24.6 Å². The van der Waals surface area contributed by atoms with Gasteiger partial charge in [-0.1, -0.05) is 6.07 Å². The monoisotopic (exact) mass is 258 g/mol. The van der Waals surface area contributed by atoms with Gasteiger partial charge in [0.05, 0.1) is 24.3 Å². The molecule has 100 valence electrons. The lowest BCUT2D eigenvalue weighted by atomic mass is 10.1. The van der Waals surface area contributed by atoms with Crippen LogP contribution in [0.15, 0.2) is 36.5 Å². The van der Waals surface area contributed by atoms with E-state index in [0.717, 1.165) is 24.0 Å². The van der Waals surface area contributed by atoms with E-state index in [1.165, 1.54) is 5.69 Å². The minimum Gasteiger partial charge on any atom is -0.394 e. The molecule has 1 aromatic carbocycles. The van der Waals surface area contributed by atoms with Crippen LogP contribution in [-0.2, 0) is 4.74 Å². The van der Waals surface area contributed by atoms with Crippen LogP contribution in [0.5, 0.6) is 0 Å². The number of ether oxygens (including phenoxy) is 1. The molecule has 1 fully saturated rings. The summed E-state index contributed by atoms with van der Waals surface area (Å²) in [5.41, 5.74) is 2.17. The Kier molecular flexibility index (Phi) is 3.36. The third-order valence-electron chi connectivity index (χ3n) is 3.49. The molecule has 2 atom stereocenters. The Morgan fingerprint density at radius 2 is 2.21 bits per heavy atom. The van der Waals surface area contributed by atoms with Crippen molar-refractivity contribution >= 4 is 16.6 Å². The van der Waals surface area contributed by atoms with E-state index >= 15 is 0 Å². The number of aromatic nitrogens is 1. The second kappa shape index (κ2) is 5.15. The van der Waals surface area contributed by atoms with Crippen LogP contribution < -0.4 is 4.90 Å². The summed E-state index contributed by atoms with van der Waals surface area (Å²) in [6.07, 6.45) is 1.82. The smallest absolute Gasteiger partial charge is 0.0984 e. The second-order valence-electron chi connectivity index (χ2n) is 5.00. The molecular formula is C15H18N2O2. The van der Waals surface area contributed by atoms with Gasteiger partial charge in [-0.3, -0.25) is 4.98 Å². The summed E-state index contributed by atoms with van der Waals surface area (Å²) in [7, 11) is 0. The van der Waals surface area contributed by atoms with Gasteiger partial charge in [0, 0.05) is 30.4 Å². The SMILES string of the molecule is C[C@@H]1CN(c2cccc3ncccc23)C[C@H](CO)O1. The molecule has 0 bridgehead atoms. The molecule has 0 amide bonds. The molecule has 0 unspecified atom stereocenters. The lowest BCUT2D eigenvalue weighted by molar-refractivity contribution is -0.0420. The van der Waals surface area contributed by atoms with Crippen LogP contribution in [0.1, 0.15) is 6.92 Å². The Hall–Kier alpha value is -1.65. The predicted octanol–water partition coefficient (Wildman–Crippen LogP) is 1.82. The molecule has 4 nitrogen and oxygen atoms in total. The van der Waals surface area contributed by atoms with Crippen LogP contribution in [0.25, 0.3) is 10.9 Å². The zero-order valence-electron chi connectivity index (χ0n) is 11.0. The molecule has 1 aliphatic heterocycles. The summed E-state index contributed by atoms with van der Waals surface area (Å²) in [5.74, 6) is 0. The molecule has 1 saturated heterocycles. The van der Waals surface area contributed by atoms with Gasteiger partial charge in [-0.05, 0) is 31.2 Å². The minimum absolute atomic E-state index is 0.0594. The van der Waals surface area contributed by atoms with E-state index in [1.807, 2.05) is 31.3 Å². The van der Waals surface area contributed by atoms with E-state index in [-0.39, 0.29) is 18.8 Å². The number of pyridine rings is 1. The maximum absolute atomic E-state index is 9.32. The molecular weight excluding hydrogens is 240 g/mol. The fraction of sp³-hybridized carbons (Fsp3) is 0.400. The number of morpholine rings is 1. The molecule has 0 radical (unpaired) electrons. The maximum Gasteiger partial charge on any atom is 0.0984 e. The fourth-order valence-corrected chi connectivity index (χ4v) is 2.71. The highest BCUT2D eigenvalue weighted by atomic mass is 16.5. The van der Waals surface area contributed by atoms with Gasteiger partial charge < -0.3 is 14.7 Å². The highest BCUT2D eigenvalue weighted by Gasteiger charge is 2.25. The molecule has 1 aliphatic rings. The highest BCUT2D eigenvalue weighted by Crippen LogP contribution is 2.27. The van der Waals surface area contributed by atoms with E-state index in [4.69, 9.17) is 4.74 Å². The van der Waals surface area contributed by atoms with Crippen LogP contribution in [0.3, 0.4) is 0 Å².